The predicted octanol–water partition coefficient (Wildman–Crippen LogP) is 10.4. The second kappa shape index (κ2) is 8.68. The first-order valence-electron chi connectivity index (χ1n) is 14.9. The Morgan fingerprint density at radius 1 is 0.674 bits per heavy atom. The number of fused-ring (bicyclic) bond motifs is 8. The van der Waals surface area contributed by atoms with Gasteiger partial charge >= 0.3 is 0 Å². The number of rotatable bonds is 2. The number of carbonyl (C=O) groups excluding carboxylic acids is 1. The molecule has 2 aliphatic carbocycles. The molecule has 0 bridgehead atoms. The second-order valence-electron chi connectivity index (χ2n) is 12.4. The highest BCUT2D eigenvalue weighted by Crippen LogP contribution is 2.47. The molecule has 0 spiro atoms. The summed E-state index contributed by atoms with van der Waals surface area (Å²) in [6.07, 6.45) is 5.29. The van der Waals surface area contributed by atoms with E-state index in [2.05, 4.69) is 86.7 Å². The maximum absolute atomic E-state index is 13.9. The van der Waals surface area contributed by atoms with Crippen LogP contribution in [0.5, 0.6) is 0 Å². The summed E-state index contributed by atoms with van der Waals surface area (Å²) in [6, 6.07) is 35.4. The van der Waals surface area contributed by atoms with Crippen LogP contribution in [0.2, 0.25) is 0 Å². The Morgan fingerprint density at radius 3 is 2.21 bits per heavy atom. The Morgan fingerprint density at radius 2 is 1.37 bits per heavy atom. The van der Waals surface area contributed by atoms with Crippen molar-refractivity contribution in [2.45, 2.75) is 31.6 Å². The van der Waals surface area contributed by atoms with Crippen molar-refractivity contribution in [1.82, 2.24) is 0 Å². The van der Waals surface area contributed by atoms with E-state index in [-0.39, 0.29) is 17.1 Å². The van der Waals surface area contributed by atoms with Crippen molar-refractivity contribution in [3.63, 3.8) is 0 Å². The number of furan rings is 2. The lowest BCUT2D eigenvalue weighted by molar-refractivity contribution is 0.103. The van der Waals surface area contributed by atoms with Crippen molar-refractivity contribution in [2.75, 3.05) is 0 Å². The summed E-state index contributed by atoms with van der Waals surface area (Å²) >= 11 is 0. The van der Waals surface area contributed by atoms with E-state index < -0.39 is 0 Å². The van der Waals surface area contributed by atoms with Gasteiger partial charge in [-0.2, -0.15) is 0 Å². The molecule has 3 heteroatoms. The van der Waals surface area contributed by atoms with Crippen LogP contribution in [0.3, 0.4) is 0 Å². The van der Waals surface area contributed by atoms with Crippen LogP contribution in [0, 0.1) is 0 Å². The molecule has 1 atom stereocenters. The van der Waals surface area contributed by atoms with Gasteiger partial charge in [-0.05, 0) is 46.9 Å². The monoisotopic (exact) mass is 556 g/mol. The summed E-state index contributed by atoms with van der Waals surface area (Å²) in [5.74, 6) is 1.18. The summed E-state index contributed by atoms with van der Waals surface area (Å²) in [5.41, 5.74) is 10.4. The molecule has 0 amide bonds. The molecular formula is C40H28O3. The number of hydrogen-bond donors (Lipinski definition) is 0. The molecule has 5 aromatic carbocycles. The average Bonchev–Trinajstić information content (AvgIpc) is 3.62. The Labute approximate surface area is 249 Å². The van der Waals surface area contributed by atoms with E-state index >= 15 is 0 Å². The summed E-state index contributed by atoms with van der Waals surface area (Å²) < 4.78 is 12.8. The summed E-state index contributed by atoms with van der Waals surface area (Å²) in [5, 5.41) is 3.36. The van der Waals surface area contributed by atoms with E-state index in [1.165, 1.54) is 5.56 Å². The summed E-state index contributed by atoms with van der Waals surface area (Å²) in [4.78, 5) is 13.9. The molecule has 0 N–H and O–H groups in total. The maximum atomic E-state index is 13.9. The average molecular weight is 557 g/mol. The Hall–Kier alpha value is -5.15. The minimum Gasteiger partial charge on any atom is -0.460 e. The van der Waals surface area contributed by atoms with Gasteiger partial charge in [-0.25, -0.2) is 0 Å². The van der Waals surface area contributed by atoms with Crippen LogP contribution in [0.25, 0.3) is 50.1 Å². The zero-order valence-electron chi connectivity index (χ0n) is 24.0. The van der Waals surface area contributed by atoms with Crippen LogP contribution >= 0.6 is 0 Å². The third-order valence-corrected chi connectivity index (χ3v) is 9.65. The van der Waals surface area contributed by atoms with Crippen molar-refractivity contribution in [3.8, 4) is 11.1 Å². The van der Waals surface area contributed by atoms with Crippen molar-refractivity contribution < 1.29 is 13.6 Å². The Kier molecular flexibility index (Phi) is 4.94. The minimum atomic E-state index is -0.381. The first-order valence-corrected chi connectivity index (χ1v) is 14.9. The SMILES string of the molecule is CC1(C)c2cc(-c3cccc4c3oc3ccccc34)ccc2C(=O)c2ccc(C3CC=Cc4c3oc3ccccc43)cc21. The quantitative estimate of drug-likeness (QED) is 0.213. The fraction of sp³-hybridized carbons (Fsp3) is 0.125. The zero-order valence-corrected chi connectivity index (χ0v) is 24.0. The maximum Gasteiger partial charge on any atom is 0.193 e. The lowest BCUT2D eigenvalue weighted by atomic mass is 9.67. The van der Waals surface area contributed by atoms with Gasteiger partial charge in [0.1, 0.15) is 22.5 Å². The van der Waals surface area contributed by atoms with E-state index in [9.17, 15) is 4.79 Å². The van der Waals surface area contributed by atoms with Gasteiger partial charge in [0.05, 0.1) is 0 Å². The van der Waals surface area contributed by atoms with Gasteiger partial charge in [-0.3, -0.25) is 4.79 Å². The third kappa shape index (κ3) is 3.39. The Balaban J connectivity index is 1.18. The molecule has 0 saturated heterocycles. The molecule has 0 radical (unpaired) electrons. The van der Waals surface area contributed by atoms with Crippen molar-refractivity contribution >= 4 is 44.8 Å². The lowest BCUT2D eigenvalue weighted by Gasteiger charge is -2.35. The van der Waals surface area contributed by atoms with Crippen LogP contribution in [0.15, 0.2) is 118 Å². The number of benzene rings is 5. The first-order chi connectivity index (χ1) is 21.0. The fourth-order valence-electron chi connectivity index (χ4n) is 7.42. The van der Waals surface area contributed by atoms with Gasteiger partial charge in [0, 0.05) is 49.7 Å². The molecule has 0 saturated carbocycles. The van der Waals surface area contributed by atoms with E-state index in [4.69, 9.17) is 8.83 Å². The molecule has 7 aromatic rings. The van der Waals surface area contributed by atoms with Gasteiger partial charge in [0.2, 0.25) is 0 Å². The fourth-order valence-corrected chi connectivity index (χ4v) is 7.42. The number of carbonyl (C=O) groups is 1. The van der Waals surface area contributed by atoms with Crippen molar-refractivity contribution in [3.05, 3.63) is 148 Å². The van der Waals surface area contributed by atoms with Crippen molar-refractivity contribution in [2.24, 2.45) is 0 Å². The van der Waals surface area contributed by atoms with Gasteiger partial charge in [0.25, 0.3) is 0 Å². The molecule has 2 aromatic heterocycles. The van der Waals surface area contributed by atoms with E-state index in [1.807, 2.05) is 42.5 Å². The molecular weight excluding hydrogens is 528 g/mol. The van der Waals surface area contributed by atoms with Crippen LogP contribution < -0.4 is 0 Å². The van der Waals surface area contributed by atoms with Crippen LogP contribution in [-0.2, 0) is 5.41 Å². The van der Waals surface area contributed by atoms with E-state index in [0.717, 1.165) is 84.0 Å². The molecule has 0 aliphatic heterocycles. The molecule has 43 heavy (non-hydrogen) atoms. The van der Waals surface area contributed by atoms with Gasteiger partial charge in [-0.15, -0.1) is 0 Å². The van der Waals surface area contributed by atoms with Gasteiger partial charge in [0.15, 0.2) is 5.78 Å². The Bertz CT molecular complexity index is 2320. The number of hydrogen-bond acceptors (Lipinski definition) is 3. The summed E-state index contributed by atoms with van der Waals surface area (Å²) in [7, 11) is 0. The lowest BCUT2D eigenvalue weighted by Crippen LogP contribution is -2.31. The molecule has 9 rings (SSSR count). The first kappa shape index (κ1) is 24.4. The highest BCUT2D eigenvalue weighted by Gasteiger charge is 2.38. The topological polar surface area (TPSA) is 43.4 Å². The summed E-state index contributed by atoms with van der Waals surface area (Å²) in [6.45, 7) is 4.47. The standard InChI is InChI=1S/C40H28O3/c1-40(2)33-21-23(25-11-7-13-29-27-9-3-5-15-35(27)42-38(25)29)17-19-31(33)37(41)32-20-18-24(22-34(32)40)26-12-8-14-30-28-10-4-6-16-36(28)43-39(26)30/h3-11,13-22,26H,12H2,1-2H3. The van der Waals surface area contributed by atoms with Gasteiger partial charge < -0.3 is 8.83 Å². The normalized spacial score (nSPS) is 16.9. The molecule has 0 fully saturated rings. The largest absolute Gasteiger partial charge is 0.460 e. The van der Waals surface area contributed by atoms with Gasteiger partial charge in [-0.1, -0.05) is 111 Å². The van der Waals surface area contributed by atoms with E-state index in [1.54, 1.807) is 0 Å². The zero-order chi connectivity index (χ0) is 28.9. The predicted molar refractivity (Wildman–Crippen MR) is 173 cm³/mol. The molecule has 206 valence electrons. The third-order valence-electron chi connectivity index (χ3n) is 9.65. The van der Waals surface area contributed by atoms with Crippen LogP contribution in [-0.4, -0.2) is 5.78 Å². The molecule has 3 nitrogen and oxygen atoms in total. The van der Waals surface area contributed by atoms with E-state index in [0.29, 0.717) is 0 Å². The smallest absolute Gasteiger partial charge is 0.193 e. The number of ketones is 1. The molecule has 1 unspecified atom stereocenters. The molecule has 2 aliphatic rings. The molecule has 2 heterocycles. The number of allylic oxidation sites excluding steroid dienone is 1. The van der Waals surface area contributed by atoms with Crippen molar-refractivity contribution in [1.29, 1.82) is 0 Å². The van der Waals surface area contributed by atoms with Crippen LogP contribution in [0.1, 0.15) is 70.1 Å². The van der Waals surface area contributed by atoms with Crippen LogP contribution in [0.4, 0.5) is 0 Å². The minimum absolute atomic E-state index is 0.0809. The number of para-hydroxylation sites is 3. The second-order valence-corrected chi connectivity index (χ2v) is 12.4. The highest BCUT2D eigenvalue weighted by molar-refractivity contribution is 6.14. The highest BCUT2D eigenvalue weighted by atomic mass is 16.3.